The van der Waals surface area contributed by atoms with Crippen LogP contribution in [-0.4, -0.2) is 30.3 Å². The Bertz CT molecular complexity index is 534. The Morgan fingerprint density at radius 3 is 2.36 bits per heavy atom. The molecule has 1 aromatic carbocycles. The average molecular weight is 303 g/mol. The molecule has 0 radical (unpaired) electrons. The molecule has 0 aliphatic heterocycles. The minimum absolute atomic E-state index is 0.0731. The van der Waals surface area contributed by atoms with Crippen LogP contribution >= 0.6 is 0 Å². The Kier molecular flexibility index (Phi) is 5.61. The molecule has 0 heterocycles. The van der Waals surface area contributed by atoms with Crippen LogP contribution in [0.1, 0.15) is 42.4 Å². The summed E-state index contributed by atoms with van der Waals surface area (Å²) in [6, 6.07) is 4.11. The van der Waals surface area contributed by atoms with E-state index >= 15 is 0 Å². The van der Waals surface area contributed by atoms with E-state index in [1.165, 1.54) is 0 Å². The molecule has 0 aromatic heterocycles. The van der Waals surface area contributed by atoms with Crippen molar-refractivity contribution in [2.45, 2.75) is 51.7 Å². The second-order valence-corrected chi connectivity index (χ2v) is 6.02. The van der Waals surface area contributed by atoms with Crippen LogP contribution in [0, 0.1) is 13.8 Å². The van der Waals surface area contributed by atoms with E-state index in [9.17, 15) is 9.90 Å². The highest BCUT2D eigenvalue weighted by atomic mass is 16.5. The van der Waals surface area contributed by atoms with Crippen molar-refractivity contribution >= 4 is 12.0 Å². The Morgan fingerprint density at radius 1 is 1.23 bits per heavy atom. The third-order valence-electron chi connectivity index (χ3n) is 4.25. The maximum absolute atomic E-state index is 12.0. The number of rotatable bonds is 4. The van der Waals surface area contributed by atoms with Crippen molar-refractivity contribution in [3.05, 3.63) is 34.9 Å². The summed E-state index contributed by atoms with van der Waals surface area (Å²) in [4.78, 5) is 12.0. The smallest absolute Gasteiger partial charge is 0.244 e. The quantitative estimate of drug-likeness (QED) is 0.841. The van der Waals surface area contributed by atoms with Gasteiger partial charge in [-0.2, -0.15) is 0 Å². The Balaban J connectivity index is 1.98. The van der Waals surface area contributed by atoms with E-state index in [2.05, 4.69) is 5.32 Å². The summed E-state index contributed by atoms with van der Waals surface area (Å²) >= 11 is 0. The van der Waals surface area contributed by atoms with Crippen LogP contribution in [0.2, 0.25) is 0 Å². The summed E-state index contributed by atoms with van der Waals surface area (Å²) in [7, 11) is 1.65. The highest BCUT2D eigenvalue weighted by Crippen LogP contribution is 2.23. The third-order valence-corrected chi connectivity index (χ3v) is 4.25. The van der Waals surface area contributed by atoms with Gasteiger partial charge >= 0.3 is 0 Å². The molecule has 1 saturated carbocycles. The van der Waals surface area contributed by atoms with Crippen molar-refractivity contribution in [1.82, 2.24) is 5.32 Å². The zero-order valence-electron chi connectivity index (χ0n) is 13.6. The fourth-order valence-corrected chi connectivity index (χ4v) is 2.94. The van der Waals surface area contributed by atoms with Gasteiger partial charge in [0.2, 0.25) is 5.91 Å². The van der Waals surface area contributed by atoms with Gasteiger partial charge in [-0.3, -0.25) is 4.79 Å². The maximum Gasteiger partial charge on any atom is 0.244 e. The lowest BCUT2D eigenvalue weighted by Gasteiger charge is -2.25. The summed E-state index contributed by atoms with van der Waals surface area (Å²) in [6.45, 7) is 4.02. The number of hydrogen-bond donors (Lipinski definition) is 2. The second kappa shape index (κ2) is 7.45. The molecule has 2 rings (SSSR count). The zero-order valence-corrected chi connectivity index (χ0v) is 13.6. The van der Waals surface area contributed by atoms with Gasteiger partial charge in [0.05, 0.1) is 13.2 Å². The maximum atomic E-state index is 12.0. The van der Waals surface area contributed by atoms with Gasteiger partial charge < -0.3 is 15.2 Å². The fourth-order valence-electron chi connectivity index (χ4n) is 2.94. The molecule has 22 heavy (non-hydrogen) atoms. The molecular weight excluding hydrogens is 278 g/mol. The van der Waals surface area contributed by atoms with Gasteiger partial charge in [-0.25, -0.2) is 0 Å². The SMILES string of the molecule is COc1cc(C)c(/C=C/C(=O)NC2CCC(O)CC2)c(C)c1. The molecule has 0 atom stereocenters. The normalized spacial score (nSPS) is 21.8. The minimum Gasteiger partial charge on any atom is -0.497 e. The largest absolute Gasteiger partial charge is 0.497 e. The molecule has 0 spiro atoms. The van der Waals surface area contributed by atoms with Gasteiger partial charge in [0, 0.05) is 12.1 Å². The van der Waals surface area contributed by atoms with E-state index in [-0.39, 0.29) is 18.1 Å². The van der Waals surface area contributed by atoms with Crippen LogP contribution in [0.4, 0.5) is 0 Å². The summed E-state index contributed by atoms with van der Waals surface area (Å²) in [6.07, 6.45) is 6.48. The van der Waals surface area contributed by atoms with Crippen LogP contribution in [-0.2, 0) is 4.79 Å². The first-order chi connectivity index (χ1) is 10.5. The van der Waals surface area contributed by atoms with Gasteiger partial charge in [-0.05, 0) is 74.4 Å². The predicted octanol–water partition coefficient (Wildman–Crippen LogP) is 2.74. The minimum atomic E-state index is -0.201. The van der Waals surface area contributed by atoms with Crippen LogP contribution in [0.5, 0.6) is 5.75 Å². The van der Waals surface area contributed by atoms with Crippen molar-refractivity contribution in [2.75, 3.05) is 7.11 Å². The molecule has 1 fully saturated rings. The summed E-state index contributed by atoms with van der Waals surface area (Å²) in [5.41, 5.74) is 3.22. The standard InChI is InChI=1S/C18H25NO3/c1-12-10-16(22-3)11-13(2)17(12)8-9-18(21)19-14-4-6-15(20)7-5-14/h8-11,14-15,20H,4-7H2,1-3H3,(H,19,21)/b9-8+. The number of aryl methyl sites for hydroxylation is 2. The molecule has 1 aromatic rings. The van der Waals surface area contributed by atoms with E-state index in [0.29, 0.717) is 0 Å². The average Bonchev–Trinajstić information content (AvgIpc) is 2.48. The predicted molar refractivity (Wildman–Crippen MR) is 87.9 cm³/mol. The number of hydrogen-bond acceptors (Lipinski definition) is 3. The molecule has 2 N–H and O–H groups in total. The first-order valence-electron chi connectivity index (χ1n) is 7.81. The first-order valence-corrected chi connectivity index (χ1v) is 7.81. The monoisotopic (exact) mass is 303 g/mol. The first kappa shape index (κ1) is 16.6. The lowest BCUT2D eigenvalue weighted by atomic mass is 9.93. The van der Waals surface area contributed by atoms with Gasteiger partial charge in [0.25, 0.3) is 0 Å². The summed E-state index contributed by atoms with van der Waals surface area (Å²) in [5, 5.41) is 12.5. The van der Waals surface area contributed by atoms with Gasteiger partial charge in [0.15, 0.2) is 0 Å². The Labute approximate surface area is 132 Å². The van der Waals surface area contributed by atoms with E-state index in [1.54, 1.807) is 13.2 Å². The highest BCUT2D eigenvalue weighted by Gasteiger charge is 2.19. The van der Waals surface area contributed by atoms with E-state index in [4.69, 9.17) is 4.74 Å². The zero-order chi connectivity index (χ0) is 16.1. The second-order valence-electron chi connectivity index (χ2n) is 6.02. The molecule has 120 valence electrons. The van der Waals surface area contributed by atoms with Crippen LogP contribution in [0.15, 0.2) is 18.2 Å². The van der Waals surface area contributed by atoms with Crippen molar-refractivity contribution in [1.29, 1.82) is 0 Å². The van der Waals surface area contributed by atoms with Gasteiger partial charge in [-0.15, -0.1) is 0 Å². The number of benzene rings is 1. The lowest BCUT2D eigenvalue weighted by Crippen LogP contribution is -2.37. The molecular formula is C18H25NO3. The van der Waals surface area contributed by atoms with Crippen molar-refractivity contribution in [3.63, 3.8) is 0 Å². The van der Waals surface area contributed by atoms with Crippen molar-refractivity contribution in [2.24, 2.45) is 0 Å². The molecule has 0 unspecified atom stereocenters. The van der Waals surface area contributed by atoms with E-state index in [0.717, 1.165) is 48.1 Å². The summed E-state index contributed by atoms with van der Waals surface area (Å²) < 4.78 is 5.24. The van der Waals surface area contributed by atoms with Crippen LogP contribution < -0.4 is 10.1 Å². The Morgan fingerprint density at radius 2 is 1.82 bits per heavy atom. The van der Waals surface area contributed by atoms with E-state index < -0.39 is 0 Å². The van der Waals surface area contributed by atoms with Crippen molar-refractivity contribution < 1.29 is 14.6 Å². The van der Waals surface area contributed by atoms with Crippen molar-refractivity contribution in [3.8, 4) is 5.75 Å². The number of aliphatic hydroxyl groups excluding tert-OH is 1. The molecule has 0 bridgehead atoms. The van der Waals surface area contributed by atoms with Gasteiger partial charge in [-0.1, -0.05) is 0 Å². The summed E-state index contributed by atoms with van der Waals surface area (Å²) in [5.74, 6) is 0.758. The molecule has 4 heteroatoms. The van der Waals surface area contributed by atoms with Crippen LogP contribution in [0.25, 0.3) is 6.08 Å². The number of methoxy groups -OCH3 is 1. The Hall–Kier alpha value is -1.81. The topological polar surface area (TPSA) is 58.6 Å². The number of amides is 1. The number of aliphatic hydroxyl groups is 1. The van der Waals surface area contributed by atoms with Crippen LogP contribution in [0.3, 0.4) is 0 Å². The third kappa shape index (κ3) is 4.34. The van der Waals surface area contributed by atoms with E-state index in [1.807, 2.05) is 32.1 Å². The van der Waals surface area contributed by atoms with Gasteiger partial charge in [0.1, 0.15) is 5.75 Å². The molecule has 1 amide bonds. The fraction of sp³-hybridized carbons (Fsp3) is 0.500. The molecule has 1 aliphatic rings. The highest BCUT2D eigenvalue weighted by molar-refractivity contribution is 5.92. The number of ether oxygens (including phenoxy) is 1. The lowest BCUT2D eigenvalue weighted by molar-refractivity contribution is -0.117. The number of carbonyl (C=O) groups is 1. The molecule has 4 nitrogen and oxygen atoms in total. The molecule has 0 saturated heterocycles. The number of nitrogens with one attached hydrogen (secondary N) is 1. The molecule has 1 aliphatic carbocycles. The number of carbonyl (C=O) groups excluding carboxylic acids is 1.